The number of carbonyl (C=O) groups excluding carboxylic acids is 1. The molecule has 46 heavy (non-hydrogen) atoms. The maximum atomic E-state index is 15.4. The van der Waals surface area contributed by atoms with Crippen LogP contribution in [0.15, 0.2) is 53.5 Å². The third-order valence-corrected chi connectivity index (χ3v) is 8.74. The number of amides is 1. The van der Waals surface area contributed by atoms with Crippen LogP contribution >= 0.6 is 0 Å². The van der Waals surface area contributed by atoms with Crippen LogP contribution in [0.2, 0.25) is 0 Å². The number of carboxylic acid groups (broad SMARTS) is 1. The standard InChI is InChI=1S/C34H34F4N4O4/c1-18-14-20(3)41(4)32(44)28(18)24-11-10-21(23-8-7-12-39-30(23)24)16-26(33(45)46)40-31(43)29-19(2)15-22(17-25(29)35)42-13-6-5-9-27(42)34(36,37)38/h7-8,10-12,14-15,17,26-27H,5-6,9,13,16H2,1-4H3,(H,40,43)(H,45,46)/t26-,27+/m0/s1. The number of piperidine rings is 1. The smallest absolute Gasteiger partial charge is 0.408 e. The van der Waals surface area contributed by atoms with Crippen molar-refractivity contribution in [3.63, 3.8) is 0 Å². The third-order valence-electron chi connectivity index (χ3n) is 8.74. The Morgan fingerprint density at radius 3 is 2.50 bits per heavy atom. The van der Waals surface area contributed by atoms with Gasteiger partial charge >= 0.3 is 12.1 Å². The Kier molecular flexibility index (Phi) is 8.92. The monoisotopic (exact) mass is 638 g/mol. The number of hydrogen-bond acceptors (Lipinski definition) is 5. The summed E-state index contributed by atoms with van der Waals surface area (Å²) < 4.78 is 58.0. The summed E-state index contributed by atoms with van der Waals surface area (Å²) in [7, 11) is 1.68. The van der Waals surface area contributed by atoms with E-state index in [0.29, 0.717) is 40.4 Å². The van der Waals surface area contributed by atoms with Gasteiger partial charge in [-0.2, -0.15) is 13.2 Å². The maximum Gasteiger partial charge on any atom is 0.408 e. The molecule has 0 saturated carbocycles. The number of halogens is 4. The summed E-state index contributed by atoms with van der Waals surface area (Å²) in [5.41, 5.74) is 3.04. The lowest BCUT2D eigenvalue weighted by Gasteiger charge is -2.38. The highest BCUT2D eigenvalue weighted by atomic mass is 19.4. The highest BCUT2D eigenvalue weighted by Crippen LogP contribution is 2.36. The molecule has 2 N–H and O–H groups in total. The molecule has 1 aliphatic rings. The van der Waals surface area contributed by atoms with Crippen LogP contribution < -0.4 is 15.8 Å². The summed E-state index contributed by atoms with van der Waals surface area (Å²) in [5.74, 6) is -3.41. The van der Waals surface area contributed by atoms with Gasteiger partial charge < -0.3 is 19.9 Å². The van der Waals surface area contributed by atoms with Crippen molar-refractivity contribution in [2.75, 3.05) is 11.4 Å². The second-order valence-corrected chi connectivity index (χ2v) is 11.8. The van der Waals surface area contributed by atoms with Gasteiger partial charge in [-0.15, -0.1) is 0 Å². The number of aryl methyl sites for hydroxylation is 3. The van der Waals surface area contributed by atoms with Gasteiger partial charge in [0.2, 0.25) is 0 Å². The summed E-state index contributed by atoms with van der Waals surface area (Å²) in [5, 5.41) is 13.0. The van der Waals surface area contributed by atoms with Crippen molar-refractivity contribution in [2.45, 2.75) is 64.7 Å². The molecular weight excluding hydrogens is 604 g/mol. The zero-order valence-corrected chi connectivity index (χ0v) is 25.8. The molecule has 2 atom stereocenters. The number of carboxylic acids is 1. The van der Waals surface area contributed by atoms with Crippen LogP contribution in [0.3, 0.4) is 0 Å². The summed E-state index contributed by atoms with van der Waals surface area (Å²) in [6, 6.07) is 7.67. The molecule has 1 saturated heterocycles. The second kappa shape index (κ2) is 12.6. The molecule has 4 aromatic rings. The third kappa shape index (κ3) is 6.20. The quantitative estimate of drug-likeness (QED) is 0.240. The molecule has 0 unspecified atom stereocenters. The van der Waals surface area contributed by atoms with Gasteiger partial charge in [0.25, 0.3) is 11.5 Å². The van der Waals surface area contributed by atoms with Crippen LogP contribution in [-0.4, -0.2) is 51.3 Å². The fourth-order valence-corrected chi connectivity index (χ4v) is 6.33. The van der Waals surface area contributed by atoms with E-state index >= 15 is 4.39 Å². The number of benzene rings is 2. The zero-order chi connectivity index (χ0) is 33.5. The van der Waals surface area contributed by atoms with Crippen LogP contribution in [0.1, 0.15) is 52.0 Å². The summed E-state index contributed by atoms with van der Waals surface area (Å²) >= 11 is 0. The van der Waals surface area contributed by atoms with E-state index < -0.39 is 41.5 Å². The van der Waals surface area contributed by atoms with Crippen molar-refractivity contribution in [1.29, 1.82) is 0 Å². The largest absolute Gasteiger partial charge is 0.480 e. The van der Waals surface area contributed by atoms with E-state index in [2.05, 4.69) is 10.3 Å². The van der Waals surface area contributed by atoms with Gasteiger partial charge in [0.05, 0.1) is 16.6 Å². The molecule has 0 spiro atoms. The molecule has 2 aromatic carbocycles. The lowest BCUT2D eigenvalue weighted by molar-refractivity contribution is -0.152. The fourth-order valence-electron chi connectivity index (χ4n) is 6.33. The van der Waals surface area contributed by atoms with Crippen LogP contribution in [0.5, 0.6) is 0 Å². The van der Waals surface area contributed by atoms with Crippen molar-refractivity contribution in [1.82, 2.24) is 14.9 Å². The molecule has 242 valence electrons. The van der Waals surface area contributed by atoms with Gasteiger partial charge in [-0.3, -0.25) is 14.6 Å². The lowest BCUT2D eigenvalue weighted by atomic mass is 9.93. The number of nitrogens with one attached hydrogen (secondary N) is 1. The highest BCUT2D eigenvalue weighted by molar-refractivity contribution is 5.99. The number of aromatic nitrogens is 2. The Morgan fingerprint density at radius 1 is 1.09 bits per heavy atom. The van der Waals surface area contributed by atoms with E-state index in [9.17, 15) is 32.7 Å². The number of fused-ring (bicyclic) bond motifs is 1. The van der Waals surface area contributed by atoms with E-state index in [0.717, 1.165) is 22.2 Å². The van der Waals surface area contributed by atoms with Gasteiger partial charge in [-0.05, 0) is 81.0 Å². The van der Waals surface area contributed by atoms with Gasteiger partial charge in [0, 0.05) is 48.5 Å². The van der Waals surface area contributed by atoms with Gasteiger partial charge in [0.1, 0.15) is 17.9 Å². The lowest BCUT2D eigenvalue weighted by Crippen LogP contribution is -2.49. The normalized spacial score (nSPS) is 16.0. The van der Waals surface area contributed by atoms with Crippen molar-refractivity contribution < 1.29 is 32.3 Å². The first-order chi connectivity index (χ1) is 21.7. The molecule has 8 nitrogen and oxygen atoms in total. The topological polar surface area (TPSA) is 105 Å². The zero-order valence-electron chi connectivity index (χ0n) is 25.8. The molecule has 5 rings (SSSR count). The van der Waals surface area contributed by atoms with E-state index in [4.69, 9.17) is 0 Å². The molecule has 2 aromatic heterocycles. The average Bonchev–Trinajstić information content (AvgIpc) is 2.99. The second-order valence-electron chi connectivity index (χ2n) is 11.8. The number of rotatable bonds is 7. The van der Waals surface area contributed by atoms with Crippen molar-refractivity contribution in [2.24, 2.45) is 7.05 Å². The van der Waals surface area contributed by atoms with E-state index in [1.165, 1.54) is 17.6 Å². The Balaban J connectivity index is 1.45. The molecule has 0 radical (unpaired) electrons. The Morgan fingerprint density at radius 2 is 1.83 bits per heavy atom. The molecule has 0 aliphatic carbocycles. The van der Waals surface area contributed by atoms with Crippen molar-refractivity contribution in [3.8, 4) is 11.1 Å². The Labute approximate surface area is 262 Å². The minimum absolute atomic E-state index is 0.0149. The Bertz CT molecular complexity index is 1880. The van der Waals surface area contributed by atoms with E-state index in [1.807, 2.05) is 19.9 Å². The van der Waals surface area contributed by atoms with Crippen LogP contribution in [0.25, 0.3) is 22.0 Å². The summed E-state index contributed by atoms with van der Waals surface area (Å²) in [6.07, 6.45) is -2.31. The van der Waals surface area contributed by atoms with Crippen molar-refractivity contribution >= 4 is 28.5 Å². The fraction of sp³-hybridized carbons (Fsp3) is 0.353. The maximum absolute atomic E-state index is 15.4. The molecule has 1 amide bonds. The molecule has 1 fully saturated rings. The number of hydrogen-bond donors (Lipinski definition) is 2. The Hall–Kier alpha value is -4.74. The molecule has 0 bridgehead atoms. The highest BCUT2D eigenvalue weighted by Gasteiger charge is 2.45. The number of aliphatic carboxylic acids is 1. The van der Waals surface area contributed by atoms with Crippen LogP contribution in [0.4, 0.5) is 23.2 Å². The molecule has 3 heterocycles. The predicted octanol–water partition coefficient (Wildman–Crippen LogP) is 6.01. The SMILES string of the molecule is Cc1cc(N2CCCC[C@@H]2C(F)(F)F)cc(F)c1C(=O)N[C@@H](Cc1ccc(-c2c(C)cc(C)n(C)c2=O)c2ncccc12)C(=O)O. The number of pyridine rings is 2. The molecule has 12 heteroatoms. The number of alkyl halides is 3. The van der Waals surface area contributed by atoms with Crippen molar-refractivity contribution in [3.05, 3.63) is 92.8 Å². The minimum Gasteiger partial charge on any atom is -0.480 e. The van der Waals surface area contributed by atoms with E-state index in [-0.39, 0.29) is 36.2 Å². The van der Waals surface area contributed by atoms with Gasteiger partial charge in [0.15, 0.2) is 0 Å². The summed E-state index contributed by atoms with van der Waals surface area (Å²) in [6.45, 7) is 5.16. The number of carbonyl (C=O) groups is 2. The molecule has 1 aliphatic heterocycles. The predicted molar refractivity (Wildman–Crippen MR) is 167 cm³/mol. The number of anilines is 1. The molecular formula is C34H34F4N4O4. The minimum atomic E-state index is -4.50. The summed E-state index contributed by atoms with van der Waals surface area (Å²) in [4.78, 5) is 44.4. The van der Waals surface area contributed by atoms with Gasteiger partial charge in [-0.1, -0.05) is 18.2 Å². The first kappa shape index (κ1) is 32.6. The van der Waals surface area contributed by atoms with Crippen LogP contribution in [-0.2, 0) is 18.3 Å². The van der Waals surface area contributed by atoms with E-state index in [1.54, 1.807) is 37.5 Å². The first-order valence-corrected chi connectivity index (χ1v) is 14.9. The van der Waals surface area contributed by atoms with Gasteiger partial charge in [-0.25, -0.2) is 9.18 Å². The average molecular weight is 639 g/mol. The van der Waals surface area contributed by atoms with Crippen LogP contribution in [0, 0.1) is 26.6 Å². The first-order valence-electron chi connectivity index (χ1n) is 14.9. The number of nitrogens with zero attached hydrogens (tertiary/aromatic N) is 3.